The van der Waals surface area contributed by atoms with Gasteiger partial charge < -0.3 is 25.0 Å². The van der Waals surface area contributed by atoms with E-state index in [-0.39, 0.29) is 32.6 Å². The number of hydrogen-bond donors (Lipinski definition) is 2. The van der Waals surface area contributed by atoms with Crippen LogP contribution in [0, 0.1) is 0 Å². The molecule has 0 bridgehead atoms. The Balaban J connectivity index is -0.000000196. The van der Waals surface area contributed by atoms with Gasteiger partial charge in [-0.25, -0.2) is 4.57 Å². The van der Waals surface area contributed by atoms with Gasteiger partial charge in [-0.15, -0.1) is 0 Å². The minimum atomic E-state index is -3.94. The van der Waals surface area contributed by atoms with Gasteiger partial charge in [0.1, 0.15) is 0 Å². The van der Waals surface area contributed by atoms with E-state index in [2.05, 4.69) is 45.5 Å². The van der Waals surface area contributed by atoms with Crippen LogP contribution in [0.25, 0.3) is 0 Å². The lowest BCUT2D eigenvalue weighted by atomic mass is 10.4. The predicted octanol–water partition coefficient (Wildman–Crippen LogP) is 6.88. The molecule has 0 aromatic heterocycles. The highest BCUT2D eigenvalue weighted by Crippen LogP contribution is 2.57. The van der Waals surface area contributed by atoms with E-state index in [9.17, 15) is 14.0 Å². The molecule has 12 heteroatoms. The number of hydrogen-bond acceptors (Lipinski definition) is 8. The zero-order valence-electron chi connectivity index (χ0n) is 22.5. The maximum absolute atomic E-state index is 10.5. The molecule has 0 spiro atoms. The lowest BCUT2D eigenvalue weighted by Gasteiger charge is -2.22. The Bertz CT molecular complexity index is 428. The number of phosphoric ester groups is 2. The first kappa shape index (κ1) is 40.8. The van der Waals surface area contributed by atoms with Gasteiger partial charge in [0.15, 0.2) is 0 Å². The third-order valence-corrected chi connectivity index (χ3v) is 10.8. The van der Waals surface area contributed by atoms with Crippen molar-refractivity contribution in [3.05, 3.63) is 0 Å². The Morgan fingerprint density at radius 2 is 0.939 bits per heavy atom. The molecule has 0 radical (unpaired) electrons. The molecular weight excluding hydrogens is 487 g/mol. The van der Waals surface area contributed by atoms with Gasteiger partial charge in [-0.1, -0.05) is 40.0 Å². The van der Waals surface area contributed by atoms with Gasteiger partial charge in [-0.2, -0.15) is 0 Å². The third-order valence-electron chi connectivity index (χ3n) is 4.31. The van der Waals surface area contributed by atoms with Gasteiger partial charge in [0.2, 0.25) is 0 Å². The summed E-state index contributed by atoms with van der Waals surface area (Å²) in [6.07, 6.45) is 13.2. The van der Waals surface area contributed by atoms with Gasteiger partial charge in [0.05, 0.1) is 44.9 Å². The summed E-state index contributed by atoms with van der Waals surface area (Å²) in [5.74, 6) is 0. The summed E-state index contributed by atoms with van der Waals surface area (Å²) in [4.78, 5) is 19.0. The molecule has 0 aromatic rings. The summed E-state index contributed by atoms with van der Waals surface area (Å²) < 4.78 is 38.2. The molecule has 0 aliphatic carbocycles. The number of unbranched alkanes of at least 4 members (excludes halogenated alkanes) is 3. The van der Waals surface area contributed by atoms with Crippen LogP contribution in [0.1, 0.15) is 87.0 Å². The predicted molar refractivity (Wildman–Crippen MR) is 141 cm³/mol. The van der Waals surface area contributed by atoms with Crippen LogP contribution in [0.15, 0.2) is 0 Å². The van der Waals surface area contributed by atoms with Crippen LogP contribution in [0.4, 0.5) is 0 Å². The fourth-order valence-electron chi connectivity index (χ4n) is 2.67. The summed E-state index contributed by atoms with van der Waals surface area (Å²) in [5, 5.41) is 0. The summed E-state index contributed by atoms with van der Waals surface area (Å²) >= 11 is 0. The molecule has 0 aliphatic rings. The Labute approximate surface area is 204 Å². The molecule has 0 rings (SSSR count). The van der Waals surface area contributed by atoms with E-state index in [1.165, 1.54) is 38.5 Å². The largest absolute Gasteiger partial charge is 0.756 e. The van der Waals surface area contributed by atoms with Crippen molar-refractivity contribution in [1.82, 2.24) is 6.15 Å². The maximum Gasteiger partial charge on any atom is 0.472 e. The zero-order valence-corrected chi connectivity index (χ0v) is 25.2. The van der Waals surface area contributed by atoms with E-state index >= 15 is 0 Å². The Hall–Kier alpha value is 0.610. The molecule has 0 aromatic carbocycles. The SMILES string of the molecule is CCCC[P+](C)(CCCC)CCCC.CCOP(=O)(O)OCC.CCOP(=O)([O-])OCC.N. The quantitative estimate of drug-likeness (QED) is 0.188. The Morgan fingerprint density at radius 1 is 0.667 bits per heavy atom. The summed E-state index contributed by atoms with van der Waals surface area (Å²) in [6.45, 7) is 16.6. The molecule has 4 N–H and O–H groups in total. The summed E-state index contributed by atoms with van der Waals surface area (Å²) in [6, 6.07) is 0. The first-order valence-corrected chi connectivity index (χ1v) is 17.7. The first-order valence-electron chi connectivity index (χ1n) is 12.0. The van der Waals surface area contributed by atoms with Gasteiger partial charge in [-0.3, -0.25) is 13.6 Å². The lowest BCUT2D eigenvalue weighted by Crippen LogP contribution is -2.07. The zero-order chi connectivity index (χ0) is 25.5. The minimum Gasteiger partial charge on any atom is -0.756 e. The van der Waals surface area contributed by atoms with Crippen molar-refractivity contribution in [2.45, 2.75) is 87.0 Å². The van der Waals surface area contributed by atoms with Crippen molar-refractivity contribution in [3.63, 3.8) is 0 Å². The molecule has 0 atom stereocenters. The van der Waals surface area contributed by atoms with E-state index in [1.807, 2.05) is 0 Å². The highest BCUT2D eigenvalue weighted by molar-refractivity contribution is 7.75. The van der Waals surface area contributed by atoms with Crippen LogP contribution in [-0.2, 0) is 27.2 Å². The van der Waals surface area contributed by atoms with Crippen LogP contribution in [-0.4, -0.2) is 56.5 Å². The van der Waals surface area contributed by atoms with E-state index in [0.29, 0.717) is 0 Å². The average molecular weight is 542 g/mol. The second-order valence-corrected chi connectivity index (χ2v) is 14.9. The molecule has 0 fully saturated rings. The molecule has 33 heavy (non-hydrogen) atoms. The van der Waals surface area contributed by atoms with E-state index in [4.69, 9.17) is 4.89 Å². The monoisotopic (exact) mass is 541 g/mol. The molecule has 9 nitrogen and oxygen atoms in total. The second kappa shape index (κ2) is 25.7. The number of rotatable bonds is 17. The van der Waals surface area contributed by atoms with Crippen molar-refractivity contribution in [1.29, 1.82) is 0 Å². The second-order valence-electron chi connectivity index (χ2n) is 7.44. The summed E-state index contributed by atoms with van der Waals surface area (Å²) in [5.41, 5.74) is 0. The fraction of sp³-hybridized carbons (Fsp3) is 1.00. The van der Waals surface area contributed by atoms with Crippen LogP contribution >= 0.6 is 22.9 Å². The molecule has 0 unspecified atom stereocenters. The van der Waals surface area contributed by atoms with Crippen LogP contribution in [0.5, 0.6) is 0 Å². The molecule has 0 heterocycles. The molecule has 0 aliphatic heterocycles. The Morgan fingerprint density at radius 3 is 1.15 bits per heavy atom. The smallest absolute Gasteiger partial charge is 0.472 e. The minimum absolute atomic E-state index is 0. The van der Waals surface area contributed by atoms with Crippen LogP contribution in [0.2, 0.25) is 0 Å². The normalized spacial score (nSPS) is 11.6. The highest BCUT2D eigenvalue weighted by atomic mass is 31.2. The van der Waals surface area contributed by atoms with Crippen molar-refractivity contribution in [2.24, 2.45) is 0 Å². The van der Waals surface area contributed by atoms with E-state index < -0.39 is 22.9 Å². The fourth-order valence-corrected chi connectivity index (χ4v) is 8.02. The first-order chi connectivity index (χ1) is 14.9. The Kier molecular flexibility index (Phi) is 31.7. The topological polar surface area (TPSA) is 149 Å². The molecule has 206 valence electrons. The molecule has 0 saturated heterocycles. The molecule has 0 saturated carbocycles. The third kappa shape index (κ3) is 30.6. The van der Waals surface area contributed by atoms with Crippen molar-refractivity contribution < 1.29 is 37.0 Å². The lowest BCUT2D eigenvalue weighted by molar-refractivity contribution is -0.224. The molecular formula is C21H54NO8P3. The van der Waals surface area contributed by atoms with Gasteiger partial charge in [0, 0.05) is 13.9 Å². The summed E-state index contributed by atoms with van der Waals surface area (Å²) in [7, 11) is -8.15. The van der Waals surface area contributed by atoms with E-state index in [1.54, 1.807) is 46.2 Å². The number of phosphoric acid groups is 2. The standard InChI is InChI=1S/C13H30P.2C4H11O4P.H3N/c1-5-8-11-14(4,12-9-6-2)13-10-7-3;2*1-3-7-9(5,6)8-4-2;/h5-13H2,1-4H3;2*3-4H2,1-2H3,(H,5,6);1H3/q+1;;;/p-1. The average Bonchev–Trinajstić information content (AvgIpc) is 2.70. The van der Waals surface area contributed by atoms with Crippen LogP contribution in [0.3, 0.4) is 0 Å². The molecule has 0 amide bonds. The van der Waals surface area contributed by atoms with Gasteiger partial charge >= 0.3 is 7.82 Å². The van der Waals surface area contributed by atoms with E-state index in [0.717, 1.165) is 0 Å². The van der Waals surface area contributed by atoms with Crippen LogP contribution < -0.4 is 11.0 Å². The van der Waals surface area contributed by atoms with Crippen molar-refractivity contribution >= 4 is 22.9 Å². The highest BCUT2D eigenvalue weighted by Gasteiger charge is 2.28. The van der Waals surface area contributed by atoms with Gasteiger partial charge in [-0.05, 0) is 47.0 Å². The van der Waals surface area contributed by atoms with Crippen molar-refractivity contribution in [3.8, 4) is 0 Å². The maximum atomic E-state index is 10.5. The van der Waals surface area contributed by atoms with Crippen molar-refractivity contribution in [2.75, 3.05) is 51.6 Å². The van der Waals surface area contributed by atoms with Gasteiger partial charge in [0.25, 0.3) is 7.82 Å².